The minimum absolute atomic E-state index is 0.342. The largest absolute Gasteiger partial charge is 0.250 e. The molecule has 4 heteroatoms. The summed E-state index contributed by atoms with van der Waals surface area (Å²) in [6.45, 7) is 6.54. The lowest BCUT2D eigenvalue weighted by Crippen LogP contribution is -1.97. The fourth-order valence-electron chi connectivity index (χ4n) is 7.14. The van der Waals surface area contributed by atoms with Crippen LogP contribution in [0.2, 0.25) is 0 Å². The average Bonchev–Trinajstić information content (AvgIpc) is 3.24. The zero-order valence-corrected chi connectivity index (χ0v) is 30.5. The van der Waals surface area contributed by atoms with E-state index < -0.39 is 0 Å². The molecule has 0 saturated carbocycles. The monoisotopic (exact) mass is 694 g/mol. The van der Waals surface area contributed by atoms with Crippen LogP contribution < -0.4 is 0 Å². The topological polar surface area (TPSA) is 51.6 Å². The molecule has 3 aromatic heterocycles. The number of benzene rings is 6. The van der Waals surface area contributed by atoms with E-state index in [1.165, 1.54) is 11.1 Å². The van der Waals surface area contributed by atoms with E-state index >= 15 is 0 Å². The molecule has 54 heavy (non-hydrogen) atoms. The fourth-order valence-corrected chi connectivity index (χ4v) is 7.14. The van der Waals surface area contributed by atoms with E-state index in [-0.39, 0.29) is 0 Å². The van der Waals surface area contributed by atoms with E-state index in [2.05, 4.69) is 166 Å². The predicted molar refractivity (Wildman–Crippen MR) is 224 cm³/mol. The van der Waals surface area contributed by atoms with E-state index in [0.29, 0.717) is 11.7 Å². The van der Waals surface area contributed by atoms with Crippen LogP contribution in [0.5, 0.6) is 0 Å². The molecule has 0 fully saturated rings. The molecule has 3 heterocycles. The molecule has 0 aliphatic carbocycles. The number of rotatable bonds is 7. The summed E-state index contributed by atoms with van der Waals surface area (Å²) in [6, 6.07) is 59.4. The van der Waals surface area contributed by atoms with Gasteiger partial charge in [0.15, 0.2) is 5.82 Å². The van der Waals surface area contributed by atoms with Crippen molar-refractivity contribution in [1.82, 2.24) is 19.9 Å². The highest BCUT2D eigenvalue weighted by molar-refractivity contribution is 6.04. The molecule has 0 bridgehead atoms. The highest BCUT2D eigenvalue weighted by atomic mass is 14.9. The molecule has 9 rings (SSSR count). The summed E-state index contributed by atoms with van der Waals surface area (Å²) in [4.78, 5) is 20.4. The number of aryl methyl sites for hydroxylation is 1. The van der Waals surface area contributed by atoms with E-state index in [9.17, 15) is 0 Å². The summed E-state index contributed by atoms with van der Waals surface area (Å²) in [5, 5.41) is 2.25. The first-order chi connectivity index (χ1) is 26.5. The zero-order chi connectivity index (χ0) is 36.6. The fraction of sp³-hybridized carbons (Fsp3) is 0.0800. The summed E-state index contributed by atoms with van der Waals surface area (Å²) in [5.41, 5.74) is 15.7. The Bertz CT molecular complexity index is 2770. The first kappa shape index (κ1) is 33.1. The molecule has 0 unspecified atom stereocenters. The number of fused-ring (bicyclic) bond motifs is 3. The van der Waals surface area contributed by atoms with Crippen molar-refractivity contribution in [2.45, 2.75) is 26.7 Å². The lowest BCUT2D eigenvalue weighted by Gasteiger charge is -2.12. The van der Waals surface area contributed by atoms with Gasteiger partial charge in [-0.15, -0.1) is 0 Å². The minimum Gasteiger partial charge on any atom is -0.250 e. The van der Waals surface area contributed by atoms with Crippen molar-refractivity contribution in [1.29, 1.82) is 0 Å². The Hall–Kier alpha value is -6.78. The third-order valence-electron chi connectivity index (χ3n) is 10.2. The van der Waals surface area contributed by atoms with Crippen molar-refractivity contribution in [2.75, 3.05) is 0 Å². The van der Waals surface area contributed by atoms with Gasteiger partial charge in [0.1, 0.15) is 0 Å². The minimum atomic E-state index is 0.342. The maximum Gasteiger partial charge on any atom is 0.160 e. The van der Waals surface area contributed by atoms with Gasteiger partial charge in [-0.2, -0.15) is 0 Å². The smallest absolute Gasteiger partial charge is 0.160 e. The van der Waals surface area contributed by atoms with Crippen LogP contribution in [0.25, 0.3) is 89.2 Å². The SMILES string of the molecule is Cc1cc(C(C)C)nc2c1ccc1ccc(-c3cccc(-c4ccc(-c5cc(-c6ccccc6)nc(-c6ccc(-c7ccccc7)cc6)n5)cc4)c3)nc12. The maximum atomic E-state index is 5.21. The molecule has 0 aliphatic rings. The van der Waals surface area contributed by atoms with Crippen LogP contribution in [0.3, 0.4) is 0 Å². The van der Waals surface area contributed by atoms with Crippen LogP contribution in [0, 0.1) is 6.92 Å². The summed E-state index contributed by atoms with van der Waals surface area (Å²) in [5.74, 6) is 1.04. The van der Waals surface area contributed by atoms with Gasteiger partial charge in [0.05, 0.1) is 28.1 Å². The third-order valence-corrected chi connectivity index (χ3v) is 10.2. The summed E-state index contributed by atoms with van der Waals surface area (Å²) < 4.78 is 0. The molecule has 0 spiro atoms. The number of hydrogen-bond acceptors (Lipinski definition) is 4. The Kier molecular flexibility index (Phi) is 8.57. The van der Waals surface area contributed by atoms with Gasteiger partial charge in [-0.1, -0.05) is 159 Å². The molecule has 6 aromatic carbocycles. The van der Waals surface area contributed by atoms with Gasteiger partial charge in [0.25, 0.3) is 0 Å². The Balaban J connectivity index is 1.06. The molecule has 4 nitrogen and oxygen atoms in total. The quantitative estimate of drug-likeness (QED) is 0.156. The van der Waals surface area contributed by atoms with Crippen LogP contribution in [-0.2, 0) is 0 Å². The van der Waals surface area contributed by atoms with Gasteiger partial charge in [-0.05, 0) is 64.9 Å². The second-order valence-corrected chi connectivity index (χ2v) is 14.2. The van der Waals surface area contributed by atoms with Gasteiger partial charge in [0.2, 0.25) is 0 Å². The number of hydrogen-bond donors (Lipinski definition) is 0. The van der Waals surface area contributed by atoms with Crippen molar-refractivity contribution in [2.24, 2.45) is 0 Å². The molecular weight excluding hydrogens is 657 g/mol. The Labute approximate surface area is 315 Å². The van der Waals surface area contributed by atoms with E-state index in [4.69, 9.17) is 19.9 Å². The van der Waals surface area contributed by atoms with Crippen LogP contribution in [0.1, 0.15) is 31.0 Å². The van der Waals surface area contributed by atoms with E-state index in [0.717, 1.165) is 83.5 Å². The van der Waals surface area contributed by atoms with Gasteiger partial charge >= 0.3 is 0 Å². The first-order valence-corrected chi connectivity index (χ1v) is 18.5. The highest BCUT2D eigenvalue weighted by Gasteiger charge is 2.14. The van der Waals surface area contributed by atoms with Gasteiger partial charge < -0.3 is 0 Å². The average molecular weight is 695 g/mol. The van der Waals surface area contributed by atoms with Crippen molar-refractivity contribution >= 4 is 21.8 Å². The van der Waals surface area contributed by atoms with Crippen molar-refractivity contribution in [3.05, 3.63) is 181 Å². The van der Waals surface area contributed by atoms with Gasteiger partial charge in [-0.3, -0.25) is 4.98 Å². The first-order valence-electron chi connectivity index (χ1n) is 18.5. The number of nitrogens with zero attached hydrogens (tertiary/aromatic N) is 4. The third kappa shape index (κ3) is 6.44. The standard InChI is InChI=1S/C50H38N4/c1-32(2)45-29-33(3)43-27-25-39-26-28-44(51-48(39)49(43)52-45)42-16-10-15-41(30-42)36-17-21-38(22-18-36)47-31-46(37-13-8-5-9-14-37)53-50(54-47)40-23-19-35(20-24-40)34-11-6-4-7-12-34/h4-32H,1-3H3. The van der Waals surface area contributed by atoms with Crippen LogP contribution in [-0.4, -0.2) is 19.9 Å². The van der Waals surface area contributed by atoms with Gasteiger partial charge in [0, 0.05) is 38.7 Å². The molecule has 0 amide bonds. The molecule has 9 aromatic rings. The van der Waals surface area contributed by atoms with Crippen molar-refractivity contribution in [3.63, 3.8) is 0 Å². The van der Waals surface area contributed by atoms with E-state index in [1.54, 1.807) is 0 Å². The molecule has 0 aliphatic heterocycles. The zero-order valence-electron chi connectivity index (χ0n) is 30.5. The normalized spacial score (nSPS) is 11.4. The Morgan fingerprint density at radius 3 is 1.59 bits per heavy atom. The van der Waals surface area contributed by atoms with Crippen LogP contribution in [0.15, 0.2) is 170 Å². The number of aromatic nitrogens is 4. The summed E-state index contributed by atoms with van der Waals surface area (Å²) >= 11 is 0. The molecule has 258 valence electrons. The van der Waals surface area contributed by atoms with Crippen molar-refractivity contribution < 1.29 is 0 Å². The van der Waals surface area contributed by atoms with E-state index in [1.807, 2.05) is 24.3 Å². The Morgan fingerprint density at radius 2 is 0.907 bits per heavy atom. The molecule has 0 N–H and O–H groups in total. The van der Waals surface area contributed by atoms with Gasteiger partial charge in [-0.25, -0.2) is 15.0 Å². The lowest BCUT2D eigenvalue weighted by atomic mass is 9.98. The molecule has 0 radical (unpaired) electrons. The second kappa shape index (κ2) is 14.0. The number of pyridine rings is 2. The lowest BCUT2D eigenvalue weighted by molar-refractivity contribution is 0.828. The Morgan fingerprint density at radius 1 is 0.370 bits per heavy atom. The molecular formula is C50H38N4. The summed E-state index contributed by atoms with van der Waals surface area (Å²) in [6.07, 6.45) is 0. The second-order valence-electron chi connectivity index (χ2n) is 14.2. The van der Waals surface area contributed by atoms with Crippen LogP contribution >= 0.6 is 0 Å². The summed E-state index contributed by atoms with van der Waals surface area (Å²) in [7, 11) is 0. The molecule has 0 atom stereocenters. The molecule has 0 saturated heterocycles. The predicted octanol–water partition coefficient (Wildman–Crippen LogP) is 13.0. The van der Waals surface area contributed by atoms with Crippen LogP contribution in [0.4, 0.5) is 0 Å². The maximum absolute atomic E-state index is 5.21. The van der Waals surface area contributed by atoms with Crippen molar-refractivity contribution in [3.8, 4) is 67.4 Å². The highest BCUT2D eigenvalue weighted by Crippen LogP contribution is 2.33.